The second-order valence-corrected chi connectivity index (χ2v) is 6.83. The molecule has 29 heavy (non-hydrogen) atoms. The van der Waals surface area contributed by atoms with Gasteiger partial charge in [0.1, 0.15) is 11.5 Å². The Bertz CT molecular complexity index is 964. The van der Waals surface area contributed by atoms with Gasteiger partial charge in [-0.3, -0.25) is 14.4 Å². The number of carbonyl (C=O) groups is 3. The summed E-state index contributed by atoms with van der Waals surface area (Å²) in [5.74, 6) is -0.0777. The fourth-order valence-electron chi connectivity index (χ4n) is 3.23. The predicted molar refractivity (Wildman–Crippen MR) is 110 cm³/mol. The predicted octanol–water partition coefficient (Wildman–Crippen LogP) is 4.39. The van der Waals surface area contributed by atoms with Gasteiger partial charge in [0.25, 0.3) is 0 Å². The molecule has 0 saturated carbocycles. The van der Waals surface area contributed by atoms with Crippen LogP contribution in [0.4, 0.5) is 5.69 Å². The van der Waals surface area contributed by atoms with Crippen LogP contribution in [0.5, 0.6) is 11.5 Å². The van der Waals surface area contributed by atoms with Crippen molar-refractivity contribution >= 4 is 23.2 Å². The second-order valence-electron chi connectivity index (χ2n) is 6.83. The molecule has 1 aliphatic carbocycles. The van der Waals surface area contributed by atoms with E-state index in [1.54, 1.807) is 37.3 Å². The van der Waals surface area contributed by atoms with E-state index in [2.05, 4.69) is 5.32 Å². The number of carbonyl (C=O) groups excluding carboxylic acids is 3. The first-order chi connectivity index (χ1) is 14.0. The van der Waals surface area contributed by atoms with Crippen LogP contribution >= 0.6 is 0 Å². The minimum Gasteiger partial charge on any atom is -0.493 e. The average molecular weight is 395 g/mol. The number of fused-ring (bicyclic) bond motifs is 2. The summed E-state index contributed by atoms with van der Waals surface area (Å²) in [4.78, 5) is 38.5. The minimum atomic E-state index is -0.305. The maximum Gasteiger partial charge on any atom is 0.224 e. The van der Waals surface area contributed by atoms with Gasteiger partial charge in [-0.1, -0.05) is 32.9 Å². The molecule has 6 heteroatoms. The first kappa shape index (κ1) is 20.6. The van der Waals surface area contributed by atoms with Crippen molar-refractivity contribution in [1.29, 1.82) is 0 Å². The highest BCUT2D eigenvalue weighted by Crippen LogP contribution is 2.39. The van der Waals surface area contributed by atoms with Crippen LogP contribution in [0, 0.1) is 0 Å². The highest BCUT2D eigenvalue weighted by molar-refractivity contribution is 6.30. The van der Waals surface area contributed by atoms with E-state index < -0.39 is 0 Å². The van der Waals surface area contributed by atoms with Gasteiger partial charge in [0, 0.05) is 29.3 Å². The van der Waals surface area contributed by atoms with E-state index >= 15 is 0 Å². The number of rotatable bonds is 8. The molecule has 0 radical (unpaired) electrons. The fourth-order valence-corrected chi connectivity index (χ4v) is 3.23. The summed E-state index contributed by atoms with van der Waals surface area (Å²) in [5, 5.41) is 2.75. The molecule has 0 atom stereocenters. The summed E-state index contributed by atoms with van der Waals surface area (Å²) < 4.78 is 11.5. The van der Waals surface area contributed by atoms with Gasteiger partial charge in [-0.25, -0.2) is 0 Å². The van der Waals surface area contributed by atoms with Crippen LogP contribution in [0.15, 0.2) is 30.3 Å². The van der Waals surface area contributed by atoms with Crippen molar-refractivity contribution in [2.24, 2.45) is 0 Å². The van der Waals surface area contributed by atoms with E-state index in [1.807, 2.05) is 13.8 Å². The number of ketones is 2. The van der Waals surface area contributed by atoms with E-state index in [1.165, 1.54) is 0 Å². The van der Waals surface area contributed by atoms with Crippen LogP contribution in [0.25, 0.3) is 0 Å². The lowest BCUT2D eigenvalue weighted by atomic mass is 9.82. The molecule has 0 fully saturated rings. The lowest BCUT2D eigenvalue weighted by molar-refractivity contribution is -0.115. The van der Waals surface area contributed by atoms with Crippen LogP contribution in [0.3, 0.4) is 0 Å². The van der Waals surface area contributed by atoms with E-state index in [0.29, 0.717) is 42.4 Å². The molecule has 1 amide bonds. The standard InChI is InChI=1S/C23H25NO5/c1-4-10-28-17-9-7-8-15-20(17)23(27)21-16(22(15)26)12-14(24-19(25)6-3)13-18(21)29-11-5-2/h7-9,12-13H,4-6,10-11H2,1-3H3,(H,24,25). The van der Waals surface area contributed by atoms with Gasteiger partial charge in [-0.05, 0) is 25.0 Å². The molecule has 3 rings (SSSR count). The Kier molecular flexibility index (Phi) is 6.32. The third kappa shape index (κ3) is 4.01. The molecular formula is C23H25NO5. The van der Waals surface area contributed by atoms with Crippen molar-refractivity contribution < 1.29 is 23.9 Å². The van der Waals surface area contributed by atoms with Crippen LogP contribution in [0.1, 0.15) is 71.9 Å². The Balaban J connectivity index is 2.15. The van der Waals surface area contributed by atoms with Gasteiger partial charge in [0.2, 0.25) is 11.7 Å². The zero-order valence-electron chi connectivity index (χ0n) is 17.0. The number of amides is 1. The van der Waals surface area contributed by atoms with E-state index in [9.17, 15) is 14.4 Å². The number of hydrogen-bond acceptors (Lipinski definition) is 5. The zero-order valence-corrected chi connectivity index (χ0v) is 17.0. The van der Waals surface area contributed by atoms with Gasteiger partial charge >= 0.3 is 0 Å². The monoisotopic (exact) mass is 395 g/mol. The fraction of sp³-hybridized carbons (Fsp3) is 0.348. The molecule has 0 saturated heterocycles. The van der Waals surface area contributed by atoms with Crippen LogP contribution in [-0.4, -0.2) is 30.7 Å². The number of hydrogen-bond donors (Lipinski definition) is 1. The number of ether oxygens (including phenoxy) is 2. The molecule has 0 bridgehead atoms. The average Bonchev–Trinajstić information content (AvgIpc) is 2.73. The zero-order chi connectivity index (χ0) is 21.0. The van der Waals surface area contributed by atoms with Gasteiger partial charge in [-0.15, -0.1) is 0 Å². The highest BCUT2D eigenvalue weighted by atomic mass is 16.5. The van der Waals surface area contributed by atoms with Crippen molar-refractivity contribution in [3.63, 3.8) is 0 Å². The number of benzene rings is 2. The normalized spacial score (nSPS) is 12.2. The molecule has 0 heterocycles. The summed E-state index contributed by atoms with van der Waals surface area (Å²) >= 11 is 0. The molecule has 2 aromatic rings. The molecule has 1 N–H and O–H groups in total. The van der Waals surface area contributed by atoms with Crippen molar-refractivity contribution in [3.05, 3.63) is 52.6 Å². The van der Waals surface area contributed by atoms with Gasteiger partial charge in [0.15, 0.2) is 5.78 Å². The first-order valence-electron chi connectivity index (χ1n) is 9.97. The SMILES string of the molecule is CCCOc1cccc2c1C(=O)c1c(OCCC)cc(NC(=O)CC)cc1C2=O. The molecule has 0 unspecified atom stereocenters. The van der Waals surface area contributed by atoms with Crippen molar-refractivity contribution in [1.82, 2.24) is 0 Å². The van der Waals surface area contributed by atoms with E-state index in [-0.39, 0.29) is 34.2 Å². The Morgan fingerprint density at radius 3 is 2.17 bits per heavy atom. The first-order valence-corrected chi connectivity index (χ1v) is 9.97. The number of nitrogens with one attached hydrogen (secondary N) is 1. The summed E-state index contributed by atoms with van der Waals surface area (Å²) in [6, 6.07) is 8.18. The smallest absolute Gasteiger partial charge is 0.224 e. The molecule has 6 nitrogen and oxygen atoms in total. The number of anilines is 1. The van der Waals surface area contributed by atoms with Gasteiger partial charge in [-0.2, -0.15) is 0 Å². The molecule has 2 aromatic carbocycles. The van der Waals surface area contributed by atoms with Crippen molar-refractivity contribution in [3.8, 4) is 11.5 Å². The van der Waals surface area contributed by atoms with Gasteiger partial charge in [0.05, 0.1) is 24.3 Å². The summed E-state index contributed by atoms with van der Waals surface area (Å²) in [6.07, 6.45) is 1.83. The Morgan fingerprint density at radius 2 is 1.52 bits per heavy atom. The Morgan fingerprint density at radius 1 is 0.862 bits per heavy atom. The maximum atomic E-state index is 13.4. The molecule has 0 spiro atoms. The molecule has 152 valence electrons. The lowest BCUT2D eigenvalue weighted by Gasteiger charge is -2.23. The van der Waals surface area contributed by atoms with E-state index in [0.717, 1.165) is 12.8 Å². The summed E-state index contributed by atoms with van der Waals surface area (Å²) in [5.41, 5.74) is 1.46. The quantitative estimate of drug-likeness (QED) is 0.612. The van der Waals surface area contributed by atoms with Crippen LogP contribution in [0.2, 0.25) is 0 Å². The van der Waals surface area contributed by atoms with Crippen molar-refractivity contribution in [2.75, 3.05) is 18.5 Å². The van der Waals surface area contributed by atoms with Gasteiger partial charge < -0.3 is 14.8 Å². The van der Waals surface area contributed by atoms with Crippen molar-refractivity contribution in [2.45, 2.75) is 40.0 Å². The maximum absolute atomic E-state index is 13.4. The largest absolute Gasteiger partial charge is 0.493 e. The van der Waals surface area contributed by atoms with Crippen LogP contribution in [-0.2, 0) is 4.79 Å². The second kappa shape index (κ2) is 8.90. The molecule has 1 aliphatic rings. The molecule has 0 aromatic heterocycles. The van der Waals surface area contributed by atoms with Crippen LogP contribution < -0.4 is 14.8 Å². The topological polar surface area (TPSA) is 81.7 Å². The Hall–Kier alpha value is -3.15. The lowest BCUT2D eigenvalue weighted by Crippen LogP contribution is -2.24. The highest BCUT2D eigenvalue weighted by Gasteiger charge is 2.35. The molecule has 0 aliphatic heterocycles. The summed E-state index contributed by atoms with van der Waals surface area (Å²) in [6.45, 7) is 6.51. The third-order valence-corrected chi connectivity index (χ3v) is 4.60. The van der Waals surface area contributed by atoms with E-state index in [4.69, 9.17) is 9.47 Å². The third-order valence-electron chi connectivity index (χ3n) is 4.60. The minimum absolute atomic E-state index is 0.184. The Labute approximate surface area is 170 Å². The molecular weight excluding hydrogens is 370 g/mol. The summed E-state index contributed by atoms with van der Waals surface area (Å²) in [7, 11) is 0.